The highest BCUT2D eigenvalue weighted by Gasteiger charge is 2.46. The van der Waals surface area contributed by atoms with E-state index in [0.29, 0.717) is 13.0 Å². The molecule has 16 heavy (non-hydrogen) atoms. The summed E-state index contributed by atoms with van der Waals surface area (Å²) in [6.07, 6.45) is 4.55. The first-order valence-electron chi connectivity index (χ1n) is 6.45. The summed E-state index contributed by atoms with van der Waals surface area (Å²) in [5.74, 6) is -0.403. The van der Waals surface area contributed by atoms with Crippen LogP contribution in [0.4, 0.5) is 0 Å². The maximum atomic E-state index is 11.8. The largest absolute Gasteiger partial charge is 0.466 e. The fraction of sp³-hybridized carbons (Fsp3) is 0.923. The van der Waals surface area contributed by atoms with Gasteiger partial charge in [-0.15, -0.1) is 0 Å². The molecule has 0 saturated heterocycles. The average molecular weight is 228 g/mol. The monoisotopic (exact) mass is 228 g/mol. The van der Waals surface area contributed by atoms with E-state index in [2.05, 4.69) is 0 Å². The zero-order valence-electron chi connectivity index (χ0n) is 10.7. The van der Waals surface area contributed by atoms with Gasteiger partial charge in [-0.05, 0) is 32.1 Å². The zero-order valence-corrected chi connectivity index (χ0v) is 10.7. The van der Waals surface area contributed by atoms with Gasteiger partial charge in [0, 0.05) is 0 Å². The summed E-state index contributed by atoms with van der Waals surface area (Å²) >= 11 is 0. The number of rotatable bonds is 4. The molecule has 3 heteroatoms. The molecule has 0 amide bonds. The first-order valence-corrected chi connectivity index (χ1v) is 6.45. The lowest BCUT2D eigenvalue weighted by Crippen LogP contribution is -2.49. The first kappa shape index (κ1) is 13.5. The average Bonchev–Trinajstić information content (AvgIpc) is 2.24. The molecule has 0 radical (unpaired) electrons. The van der Waals surface area contributed by atoms with Gasteiger partial charge in [0.05, 0.1) is 18.1 Å². The van der Waals surface area contributed by atoms with Gasteiger partial charge in [-0.3, -0.25) is 4.79 Å². The summed E-state index contributed by atoms with van der Waals surface area (Å²) in [6.45, 7) is 6.18. The van der Waals surface area contributed by atoms with Crippen molar-refractivity contribution >= 4 is 5.97 Å². The molecule has 3 unspecified atom stereocenters. The lowest BCUT2D eigenvalue weighted by Gasteiger charge is -2.42. The van der Waals surface area contributed by atoms with Gasteiger partial charge in [0.15, 0.2) is 0 Å². The number of carbonyl (C=O) groups excluding carboxylic acids is 1. The molecule has 1 rings (SSSR count). The van der Waals surface area contributed by atoms with E-state index < -0.39 is 5.60 Å². The quantitative estimate of drug-likeness (QED) is 0.752. The molecule has 1 fully saturated rings. The molecule has 0 aliphatic heterocycles. The molecule has 3 nitrogen and oxygen atoms in total. The van der Waals surface area contributed by atoms with Crippen LogP contribution in [0.2, 0.25) is 0 Å². The predicted molar refractivity (Wildman–Crippen MR) is 63.0 cm³/mol. The van der Waals surface area contributed by atoms with Crippen LogP contribution < -0.4 is 0 Å². The number of carbonyl (C=O) groups is 1. The molecule has 0 aromatic carbocycles. The highest BCUT2D eigenvalue weighted by Crippen LogP contribution is 2.40. The SMILES string of the molecule is CCOC(=O)C(CC)C1(O)CCCCC1C. The highest BCUT2D eigenvalue weighted by molar-refractivity contribution is 5.74. The number of hydrogen-bond donors (Lipinski definition) is 1. The van der Waals surface area contributed by atoms with Crippen LogP contribution in [0.15, 0.2) is 0 Å². The van der Waals surface area contributed by atoms with Gasteiger partial charge in [0.1, 0.15) is 0 Å². The van der Waals surface area contributed by atoms with Gasteiger partial charge < -0.3 is 9.84 Å². The number of hydrogen-bond acceptors (Lipinski definition) is 3. The maximum Gasteiger partial charge on any atom is 0.311 e. The molecule has 1 aliphatic rings. The van der Waals surface area contributed by atoms with E-state index in [1.165, 1.54) is 0 Å². The zero-order chi connectivity index (χ0) is 12.2. The minimum atomic E-state index is -0.848. The van der Waals surface area contributed by atoms with E-state index in [4.69, 9.17) is 4.74 Å². The molecular weight excluding hydrogens is 204 g/mol. The smallest absolute Gasteiger partial charge is 0.311 e. The Balaban J connectivity index is 2.79. The van der Waals surface area contributed by atoms with Crippen LogP contribution in [0.5, 0.6) is 0 Å². The Morgan fingerprint density at radius 2 is 2.19 bits per heavy atom. The number of ether oxygens (including phenoxy) is 1. The van der Waals surface area contributed by atoms with Crippen LogP contribution in [0.1, 0.15) is 52.9 Å². The second-order valence-electron chi connectivity index (χ2n) is 4.85. The summed E-state index contributed by atoms with van der Waals surface area (Å²) in [4.78, 5) is 11.8. The first-order chi connectivity index (χ1) is 7.56. The molecule has 0 spiro atoms. The van der Waals surface area contributed by atoms with Crippen molar-refractivity contribution in [1.82, 2.24) is 0 Å². The van der Waals surface area contributed by atoms with Crippen LogP contribution >= 0.6 is 0 Å². The van der Waals surface area contributed by atoms with Gasteiger partial charge in [0.2, 0.25) is 0 Å². The topological polar surface area (TPSA) is 46.5 Å². The van der Waals surface area contributed by atoms with Crippen molar-refractivity contribution in [2.75, 3.05) is 6.61 Å². The van der Waals surface area contributed by atoms with Crippen molar-refractivity contribution in [2.24, 2.45) is 11.8 Å². The van der Waals surface area contributed by atoms with E-state index in [1.54, 1.807) is 6.92 Å². The predicted octanol–water partition coefficient (Wildman–Crippen LogP) is 2.52. The Bertz CT molecular complexity index is 239. The summed E-state index contributed by atoms with van der Waals surface area (Å²) in [5, 5.41) is 10.7. The van der Waals surface area contributed by atoms with E-state index in [0.717, 1.165) is 25.7 Å². The minimum absolute atomic E-state index is 0.190. The van der Waals surface area contributed by atoms with E-state index in [9.17, 15) is 9.90 Å². The van der Waals surface area contributed by atoms with Gasteiger partial charge in [0.25, 0.3) is 0 Å². The van der Waals surface area contributed by atoms with E-state index in [-0.39, 0.29) is 17.8 Å². The van der Waals surface area contributed by atoms with Crippen molar-refractivity contribution in [3.8, 4) is 0 Å². The second kappa shape index (κ2) is 5.67. The summed E-state index contributed by atoms with van der Waals surface area (Å²) in [5.41, 5.74) is -0.848. The Hall–Kier alpha value is -0.570. The number of esters is 1. The molecule has 1 aliphatic carbocycles. The normalized spacial score (nSPS) is 32.1. The van der Waals surface area contributed by atoms with Crippen LogP contribution in [-0.2, 0) is 9.53 Å². The highest BCUT2D eigenvalue weighted by atomic mass is 16.5. The maximum absolute atomic E-state index is 11.8. The van der Waals surface area contributed by atoms with Crippen molar-refractivity contribution < 1.29 is 14.6 Å². The molecule has 1 saturated carbocycles. The Morgan fingerprint density at radius 3 is 2.69 bits per heavy atom. The van der Waals surface area contributed by atoms with Gasteiger partial charge in [-0.2, -0.15) is 0 Å². The third-order valence-electron chi connectivity index (χ3n) is 3.90. The van der Waals surface area contributed by atoms with Crippen LogP contribution in [0.25, 0.3) is 0 Å². The second-order valence-corrected chi connectivity index (χ2v) is 4.85. The number of aliphatic hydroxyl groups is 1. The molecular formula is C13H24O3. The fourth-order valence-electron chi connectivity index (χ4n) is 2.84. The third kappa shape index (κ3) is 2.57. The summed E-state index contributed by atoms with van der Waals surface area (Å²) < 4.78 is 5.06. The standard InChI is InChI=1S/C13H24O3/c1-4-11(12(14)16-5-2)13(15)9-7-6-8-10(13)3/h10-11,15H,4-9H2,1-3H3. The Kier molecular flexibility index (Phi) is 4.78. The Morgan fingerprint density at radius 1 is 1.50 bits per heavy atom. The lowest BCUT2D eigenvalue weighted by molar-refractivity contribution is -0.166. The van der Waals surface area contributed by atoms with Gasteiger partial charge in [-0.25, -0.2) is 0 Å². The van der Waals surface area contributed by atoms with Crippen LogP contribution in [0.3, 0.4) is 0 Å². The third-order valence-corrected chi connectivity index (χ3v) is 3.90. The van der Waals surface area contributed by atoms with E-state index in [1.807, 2.05) is 13.8 Å². The van der Waals surface area contributed by atoms with Crippen LogP contribution in [-0.4, -0.2) is 23.3 Å². The minimum Gasteiger partial charge on any atom is -0.466 e. The fourth-order valence-corrected chi connectivity index (χ4v) is 2.84. The van der Waals surface area contributed by atoms with Crippen molar-refractivity contribution in [3.63, 3.8) is 0 Å². The van der Waals surface area contributed by atoms with Gasteiger partial charge >= 0.3 is 5.97 Å². The van der Waals surface area contributed by atoms with Crippen molar-refractivity contribution in [1.29, 1.82) is 0 Å². The summed E-state index contributed by atoms with van der Waals surface area (Å²) in [7, 11) is 0. The van der Waals surface area contributed by atoms with Crippen molar-refractivity contribution in [2.45, 2.75) is 58.5 Å². The molecule has 0 bridgehead atoms. The van der Waals surface area contributed by atoms with Gasteiger partial charge in [-0.1, -0.05) is 26.7 Å². The molecule has 1 N–H and O–H groups in total. The van der Waals surface area contributed by atoms with Crippen LogP contribution in [0, 0.1) is 11.8 Å². The molecule has 0 heterocycles. The molecule has 94 valence electrons. The van der Waals surface area contributed by atoms with Crippen molar-refractivity contribution in [3.05, 3.63) is 0 Å². The van der Waals surface area contributed by atoms with E-state index >= 15 is 0 Å². The Labute approximate surface area is 98.2 Å². The molecule has 0 aromatic rings. The molecule has 3 atom stereocenters. The summed E-state index contributed by atoms with van der Waals surface area (Å²) in [6, 6.07) is 0. The lowest BCUT2D eigenvalue weighted by atomic mass is 9.68. The molecule has 0 aromatic heterocycles.